The molecule has 0 aromatic carbocycles. The van der Waals surface area contributed by atoms with E-state index in [9.17, 15) is 4.79 Å². The van der Waals surface area contributed by atoms with Gasteiger partial charge in [0.1, 0.15) is 0 Å². The first-order valence-electron chi connectivity index (χ1n) is 4.79. The summed E-state index contributed by atoms with van der Waals surface area (Å²) in [4.78, 5) is 16.5. The van der Waals surface area contributed by atoms with Gasteiger partial charge in [0.05, 0.1) is 19.9 Å². The fraction of sp³-hybridized carbons (Fsp3) is 0.750. The predicted octanol–water partition coefficient (Wildman–Crippen LogP) is -1.35. The normalized spacial score (nSPS) is 22.1. The molecule has 2 amide bonds. The average Bonchev–Trinajstić information content (AvgIpc) is 2.15. The number of carbonyl (C=O) groups is 1. The summed E-state index contributed by atoms with van der Waals surface area (Å²) in [5, 5.41) is 2.60. The molecule has 1 heterocycles. The van der Waals surface area contributed by atoms with Crippen LogP contribution in [0.4, 0.5) is 4.79 Å². The minimum Gasteiger partial charge on any atom is -0.379 e. The van der Waals surface area contributed by atoms with Crippen LogP contribution in [0.3, 0.4) is 0 Å². The van der Waals surface area contributed by atoms with E-state index < -0.39 is 6.03 Å². The smallest absolute Gasteiger partial charge is 0.345 e. The lowest BCUT2D eigenvalue weighted by molar-refractivity contribution is -0.00224. The number of carbonyl (C=O) groups excluding carboxylic acids is 1. The van der Waals surface area contributed by atoms with Gasteiger partial charge in [-0.25, -0.2) is 4.79 Å². The van der Waals surface area contributed by atoms with Gasteiger partial charge < -0.3 is 21.5 Å². The van der Waals surface area contributed by atoms with Crippen molar-refractivity contribution in [3.63, 3.8) is 0 Å². The van der Waals surface area contributed by atoms with Crippen LogP contribution in [0.2, 0.25) is 0 Å². The number of morpholine rings is 1. The van der Waals surface area contributed by atoms with Gasteiger partial charge in [0, 0.05) is 12.6 Å². The highest BCUT2D eigenvalue weighted by Crippen LogP contribution is 2.03. The molecular formula is C8H17N5O2. The lowest BCUT2D eigenvalue weighted by Gasteiger charge is -2.32. The van der Waals surface area contributed by atoms with Gasteiger partial charge in [-0.3, -0.25) is 4.90 Å². The van der Waals surface area contributed by atoms with Crippen LogP contribution < -0.4 is 16.8 Å². The number of nitrogens with one attached hydrogen (secondary N) is 1. The summed E-state index contributed by atoms with van der Waals surface area (Å²) in [6.45, 7) is 4.62. The maximum absolute atomic E-state index is 11.1. The van der Waals surface area contributed by atoms with Crippen molar-refractivity contribution in [3.05, 3.63) is 0 Å². The Morgan fingerprint density at radius 2 is 2.40 bits per heavy atom. The zero-order valence-corrected chi connectivity index (χ0v) is 8.77. The van der Waals surface area contributed by atoms with Gasteiger partial charge in [-0.2, -0.15) is 4.99 Å². The molecule has 1 saturated heterocycles. The zero-order valence-electron chi connectivity index (χ0n) is 8.77. The fourth-order valence-corrected chi connectivity index (χ4v) is 1.32. The SMILES string of the molecule is CC1COCCN1CNC(=O)N=C(N)N. The summed E-state index contributed by atoms with van der Waals surface area (Å²) in [5.74, 6) is -0.234. The van der Waals surface area contributed by atoms with Crippen LogP contribution in [0.5, 0.6) is 0 Å². The molecule has 1 fully saturated rings. The van der Waals surface area contributed by atoms with Gasteiger partial charge in [0.2, 0.25) is 0 Å². The maximum Gasteiger partial charge on any atom is 0.345 e. The molecule has 0 aromatic heterocycles. The van der Waals surface area contributed by atoms with Crippen molar-refractivity contribution in [2.45, 2.75) is 13.0 Å². The lowest BCUT2D eigenvalue weighted by Crippen LogP contribution is -2.48. The number of guanidine groups is 1. The van der Waals surface area contributed by atoms with E-state index in [1.807, 2.05) is 6.92 Å². The van der Waals surface area contributed by atoms with Crippen LogP contribution in [0.1, 0.15) is 6.92 Å². The van der Waals surface area contributed by atoms with Gasteiger partial charge >= 0.3 is 6.03 Å². The third-order valence-electron chi connectivity index (χ3n) is 2.17. The first kappa shape index (κ1) is 11.7. The Labute approximate surface area is 88.4 Å². The number of ether oxygens (including phenoxy) is 1. The van der Waals surface area contributed by atoms with E-state index in [2.05, 4.69) is 15.2 Å². The summed E-state index contributed by atoms with van der Waals surface area (Å²) in [6.07, 6.45) is 0. The van der Waals surface area contributed by atoms with Crippen LogP contribution in [0.25, 0.3) is 0 Å². The van der Waals surface area contributed by atoms with Crippen molar-refractivity contribution < 1.29 is 9.53 Å². The van der Waals surface area contributed by atoms with Gasteiger partial charge in [-0.05, 0) is 6.92 Å². The first-order valence-corrected chi connectivity index (χ1v) is 4.79. The quantitative estimate of drug-likeness (QED) is 0.390. The molecule has 86 valence electrons. The molecule has 0 spiro atoms. The van der Waals surface area contributed by atoms with Crippen molar-refractivity contribution >= 4 is 12.0 Å². The van der Waals surface area contributed by atoms with E-state index >= 15 is 0 Å². The van der Waals surface area contributed by atoms with E-state index in [4.69, 9.17) is 16.2 Å². The summed E-state index contributed by atoms with van der Waals surface area (Å²) in [5.41, 5.74) is 10.1. The Balaban J connectivity index is 2.29. The molecule has 1 rings (SSSR count). The Morgan fingerprint density at radius 1 is 1.67 bits per heavy atom. The number of urea groups is 1. The number of aliphatic imine (C=N–C) groups is 1. The number of nitrogens with zero attached hydrogens (tertiary/aromatic N) is 2. The van der Waals surface area contributed by atoms with E-state index in [0.717, 1.165) is 6.54 Å². The first-order chi connectivity index (χ1) is 7.09. The van der Waals surface area contributed by atoms with Crippen molar-refractivity contribution in [1.82, 2.24) is 10.2 Å². The van der Waals surface area contributed by atoms with Gasteiger partial charge in [-0.1, -0.05) is 0 Å². The van der Waals surface area contributed by atoms with Crippen molar-refractivity contribution in [3.8, 4) is 0 Å². The van der Waals surface area contributed by atoms with E-state index in [-0.39, 0.29) is 5.96 Å². The molecule has 0 aliphatic carbocycles. The van der Waals surface area contributed by atoms with E-state index in [0.29, 0.717) is 25.9 Å². The molecular weight excluding hydrogens is 198 g/mol. The Bertz CT molecular complexity index is 251. The minimum absolute atomic E-state index is 0.234. The molecule has 0 saturated carbocycles. The number of hydrogen-bond acceptors (Lipinski definition) is 3. The highest BCUT2D eigenvalue weighted by atomic mass is 16.5. The molecule has 1 atom stereocenters. The zero-order chi connectivity index (χ0) is 11.3. The lowest BCUT2D eigenvalue weighted by atomic mass is 10.3. The highest BCUT2D eigenvalue weighted by molar-refractivity contribution is 5.90. The number of amides is 2. The summed E-state index contributed by atoms with van der Waals surface area (Å²) in [6, 6.07) is -0.230. The third-order valence-corrected chi connectivity index (χ3v) is 2.17. The molecule has 7 nitrogen and oxygen atoms in total. The van der Waals surface area contributed by atoms with Crippen LogP contribution in [-0.2, 0) is 4.74 Å². The van der Waals surface area contributed by atoms with Crippen LogP contribution in [0, 0.1) is 0 Å². The van der Waals surface area contributed by atoms with Crippen molar-refractivity contribution in [1.29, 1.82) is 0 Å². The summed E-state index contributed by atoms with van der Waals surface area (Å²) in [7, 11) is 0. The Morgan fingerprint density at radius 3 is 3.00 bits per heavy atom. The van der Waals surface area contributed by atoms with Crippen molar-refractivity contribution in [2.75, 3.05) is 26.4 Å². The fourth-order valence-electron chi connectivity index (χ4n) is 1.32. The topological polar surface area (TPSA) is 106 Å². The molecule has 0 bridgehead atoms. The van der Waals surface area contributed by atoms with Crippen LogP contribution in [-0.4, -0.2) is 49.4 Å². The number of nitrogens with two attached hydrogens (primary N) is 2. The summed E-state index contributed by atoms with van der Waals surface area (Å²) >= 11 is 0. The predicted molar refractivity (Wildman–Crippen MR) is 56.2 cm³/mol. The maximum atomic E-state index is 11.1. The minimum atomic E-state index is -0.520. The molecule has 5 N–H and O–H groups in total. The van der Waals surface area contributed by atoms with Crippen molar-refractivity contribution in [2.24, 2.45) is 16.5 Å². The largest absolute Gasteiger partial charge is 0.379 e. The standard InChI is InChI=1S/C8H17N5O2/c1-6-4-15-3-2-13(6)5-11-8(14)12-7(9)10/h6H,2-5H2,1H3,(H5,9,10,11,12,14). The summed E-state index contributed by atoms with van der Waals surface area (Å²) < 4.78 is 5.26. The Hall–Kier alpha value is -1.34. The van der Waals surface area contributed by atoms with Gasteiger partial charge in [0.15, 0.2) is 5.96 Å². The molecule has 1 aliphatic rings. The van der Waals surface area contributed by atoms with E-state index in [1.54, 1.807) is 0 Å². The van der Waals surface area contributed by atoms with Gasteiger partial charge in [-0.15, -0.1) is 0 Å². The Kier molecular flexibility index (Phi) is 4.32. The average molecular weight is 215 g/mol. The molecule has 15 heavy (non-hydrogen) atoms. The second-order valence-electron chi connectivity index (χ2n) is 3.41. The second kappa shape index (κ2) is 5.52. The molecule has 0 radical (unpaired) electrons. The van der Waals surface area contributed by atoms with Gasteiger partial charge in [0.25, 0.3) is 0 Å². The number of hydrogen-bond donors (Lipinski definition) is 3. The molecule has 1 unspecified atom stereocenters. The van der Waals surface area contributed by atoms with Crippen LogP contribution >= 0.6 is 0 Å². The molecule has 1 aliphatic heterocycles. The molecule has 7 heteroatoms. The third kappa shape index (κ3) is 4.13. The van der Waals surface area contributed by atoms with Crippen LogP contribution in [0.15, 0.2) is 4.99 Å². The van der Waals surface area contributed by atoms with E-state index in [1.165, 1.54) is 0 Å². The number of rotatable bonds is 2. The second-order valence-corrected chi connectivity index (χ2v) is 3.41. The monoisotopic (exact) mass is 215 g/mol. The molecule has 0 aromatic rings. The highest BCUT2D eigenvalue weighted by Gasteiger charge is 2.18.